The van der Waals surface area contributed by atoms with Gasteiger partial charge in [0.2, 0.25) is 0 Å². The van der Waals surface area contributed by atoms with Crippen molar-refractivity contribution in [3.8, 4) is 0 Å². The first-order chi connectivity index (χ1) is 25.2. The third kappa shape index (κ3) is 39.6. The summed E-state index contributed by atoms with van der Waals surface area (Å²) in [5, 5.41) is 0. The minimum atomic E-state index is -0.760. The van der Waals surface area contributed by atoms with Crippen LogP contribution < -0.4 is 0 Å². The molecule has 52 heavy (non-hydrogen) atoms. The highest BCUT2D eigenvalue weighted by atomic mass is 16.6. The molecular weight excluding hydrogens is 649 g/mol. The summed E-state index contributed by atoms with van der Waals surface area (Å²) in [5.41, 5.74) is 0. The second-order valence-corrected chi connectivity index (χ2v) is 16.6. The Kier molecular flexibility index (Phi) is 37.9. The minimum absolute atomic E-state index is 0.0653. The molecule has 1 atom stereocenters. The van der Waals surface area contributed by atoms with Crippen LogP contribution in [0.25, 0.3) is 0 Å². The normalized spacial score (nSPS) is 12.1. The average Bonchev–Trinajstić information content (AvgIpc) is 3.11. The predicted molar refractivity (Wildman–Crippen MR) is 220 cm³/mol. The van der Waals surface area contributed by atoms with Crippen molar-refractivity contribution in [2.75, 3.05) is 13.2 Å². The minimum Gasteiger partial charge on any atom is -0.462 e. The number of unbranched alkanes of at least 4 members (excludes halogenated alkanes) is 25. The summed E-state index contributed by atoms with van der Waals surface area (Å²) in [6, 6.07) is 0. The second kappa shape index (κ2) is 39.1. The van der Waals surface area contributed by atoms with E-state index in [0.29, 0.717) is 19.3 Å². The predicted octanol–water partition coefficient (Wildman–Crippen LogP) is 14.2. The van der Waals surface area contributed by atoms with Crippen molar-refractivity contribution in [2.45, 2.75) is 253 Å². The van der Waals surface area contributed by atoms with Crippen LogP contribution in [-0.4, -0.2) is 37.2 Å². The number of rotatable bonds is 40. The van der Waals surface area contributed by atoms with Gasteiger partial charge in [0.05, 0.1) is 0 Å². The first-order valence-corrected chi connectivity index (χ1v) is 22.7. The third-order valence-electron chi connectivity index (χ3n) is 10.2. The number of hydrogen-bond acceptors (Lipinski definition) is 6. The molecule has 0 spiro atoms. The van der Waals surface area contributed by atoms with Crippen molar-refractivity contribution in [3.05, 3.63) is 0 Å². The summed E-state index contributed by atoms with van der Waals surface area (Å²) >= 11 is 0. The maximum absolute atomic E-state index is 12.7. The molecule has 6 heteroatoms. The molecule has 6 nitrogen and oxygen atoms in total. The van der Waals surface area contributed by atoms with Crippen LogP contribution in [0.2, 0.25) is 0 Å². The first-order valence-electron chi connectivity index (χ1n) is 22.7. The molecule has 0 heterocycles. The SMILES string of the molecule is CCCCCCCCCCCC(=O)OC[C@H](COC(=O)CCCCCCCCCCCC(C)C)OC(=O)CCCCCCCCCCCCC(C)C. The third-order valence-corrected chi connectivity index (χ3v) is 10.2. The molecule has 0 unspecified atom stereocenters. The molecule has 0 amide bonds. The van der Waals surface area contributed by atoms with E-state index in [9.17, 15) is 14.4 Å². The fourth-order valence-electron chi connectivity index (χ4n) is 6.75. The second-order valence-electron chi connectivity index (χ2n) is 16.6. The lowest BCUT2D eigenvalue weighted by atomic mass is 10.0. The van der Waals surface area contributed by atoms with Gasteiger partial charge in [-0.1, -0.05) is 208 Å². The fourth-order valence-corrected chi connectivity index (χ4v) is 6.75. The molecule has 0 aliphatic rings. The molecule has 0 saturated carbocycles. The van der Waals surface area contributed by atoms with Gasteiger partial charge >= 0.3 is 17.9 Å². The number of hydrogen-bond donors (Lipinski definition) is 0. The van der Waals surface area contributed by atoms with Gasteiger partial charge in [-0.2, -0.15) is 0 Å². The molecule has 0 aromatic heterocycles. The molecule has 0 N–H and O–H groups in total. The van der Waals surface area contributed by atoms with Gasteiger partial charge in [-0.25, -0.2) is 0 Å². The lowest BCUT2D eigenvalue weighted by Gasteiger charge is -2.18. The Bertz CT molecular complexity index is 794. The number of carbonyl (C=O) groups excluding carboxylic acids is 3. The highest BCUT2D eigenvalue weighted by molar-refractivity contribution is 5.71. The topological polar surface area (TPSA) is 78.9 Å². The molecule has 0 bridgehead atoms. The summed E-state index contributed by atoms with van der Waals surface area (Å²) in [7, 11) is 0. The van der Waals surface area contributed by atoms with E-state index in [0.717, 1.165) is 69.6 Å². The van der Waals surface area contributed by atoms with Crippen molar-refractivity contribution < 1.29 is 28.6 Å². The zero-order valence-electron chi connectivity index (χ0n) is 35.4. The van der Waals surface area contributed by atoms with Gasteiger partial charge in [0.25, 0.3) is 0 Å². The van der Waals surface area contributed by atoms with Crippen LogP contribution in [0.4, 0.5) is 0 Å². The lowest BCUT2D eigenvalue weighted by molar-refractivity contribution is -0.167. The Labute approximate surface area is 323 Å². The zero-order chi connectivity index (χ0) is 38.3. The van der Waals surface area contributed by atoms with Gasteiger partial charge < -0.3 is 14.2 Å². The van der Waals surface area contributed by atoms with E-state index in [1.165, 1.54) is 135 Å². The van der Waals surface area contributed by atoms with E-state index >= 15 is 0 Å². The summed E-state index contributed by atoms with van der Waals surface area (Å²) < 4.78 is 16.7. The van der Waals surface area contributed by atoms with E-state index in [1.54, 1.807) is 0 Å². The molecule has 0 aliphatic carbocycles. The van der Waals surface area contributed by atoms with Gasteiger partial charge in [0.15, 0.2) is 6.10 Å². The smallest absolute Gasteiger partial charge is 0.306 e. The quantitative estimate of drug-likeness (QED) is 0.0354. The van der Waals surface area contributed by atoms with Gasteiger partial charge in [0, 0.05) is 19.3 Å². The van der Waals surface area contributed by atoms with Crippen LogP contribution in [0.1, 0.15) is 247 Å². The number of esters is 3. The van der Waals surface area contributed by atoms with Crippen LogP contribution in [-0.2, 0) is 28.6 Å². The van der Waals surface area contributed by atoms with E-state index in [1.807, 2.05) is 0 Å². The molecule has 0 saturated heterocycles. The molecule has 0 fully saturated rings. The molecule has 308 valence electrons. The van der Waals surface area contributed by atoms with Gasteiger partial charge in [-0.05, 0) is 31.1 Å². The molecule has 0 aromatic carbocycles. The van der Waals surface area contributed by atoms with E-state index in [-0.39, 0.29) is 31.1 Å². The lowest BCUT2D eigenvalue weighted by Crippen LogP contribution is -2.30. The average molecular weight is 737 g/mol. The van der Waals surface area contributed by atoms with Crippen molar-refractivity contribution in [2.24, 2.45) is 11.8 Å². The van der Waals surface area contributed by atoms with Crippen LogP contribution in [0.5, 0.6) is 0 Å². The van der Waals surface area contributed by atoms with Crippen molar-refractivity contribution in [3.63, 3.8) is 0 Å². The van der Waals surface area contributed by atoms with Gasteiger partial charge in [-0.3, -0.25) is 14.4 Å². The number of carbonyl (C=O) groups is 3. The van der Waals surface area contributed by atoms with Crippen LogP contribution in [0.3, 0.4) is 0 Å². The highest BCUT2D eigenvalue weighted by Gasteiger charge is 2.19. The van der Waals surface area contributed by atoms with Crippen LogP contribution in [0.15, 0.2) is 0 Å². The Hall–Kier alpha value is -1.59. The Morgan fingerprint density at radius 3 is 0.942 bits per heavy atom. The van der Waals surface area contributed by atoms with E-state index in [4.69, 9.17) is 14.2 Å². The fraction of sp³-hybridized carbons (Fsp3) is 0.935. The molecule has 0 aromatic rings. The molecule has 0 radical (unpaired) electrons. The summed E-state index contributed by atoms with van der Waals surface area (Å²) in [5.74, 6) is 0.764. The Balaban J connectivity index is 4.33. The van der Waals surface area contributed by atoms with Crippen LogP contribution in [0, 0.1) is 11.8 Å². The highest BCUT2D eigenvalue weighted by Crippen LogP contribution is 2.16. The number of ether oxygens (including phenoxy) is 3. The van der Waals surface area contributed by atoms with Gasteiger partial charge in [0.1, 0.15) is 13.2 Å². The van der Waals surface area contributed by atoms with Crippen molar-refractivity contribution in [1.29, 1.82) is 0 Å². The maximum Gasteiger partial charge on any atom is 0.306 e. The molecule has 0 rings (SSSR count). The van der Waals surface area contributed by atoms with Crippen molar-refractivity contribution in [1.82, 2.24) is 0 Å². The zero-order valence-corrected chi connectivity index (χ0v) is 35.4. The summed E-state index contributed by atoms with van der Waals surface area (Å²) in [4.78, 5) is 37.6. The standard InChI is InChI=1S/C46H88O6/c1-6-7-8-9-10-14-21-26-31-36-44(47)50-39-43(40-51-45(48)37-32-27-22-18-13-16-20-25-30-35-42(4)5)52-46(49)38-33-28-23-17-12-11-15-19-24-29-34-41(2)3/h41-43H,6-40H2,1-5H3/t43-/m1/s1. The monoisotopic (exact) mass is 737 g/mol. The summed E-state index contributed by atoms with van der Waals surface area (Å²) in [6.45, 7) is 11.3. The van der Waals surface area contributed by atoms with E-state index < -0.39 is 6.10 Å². The molecular formula is C46H88O6. The van der Waals surface area contributed by atoms with Crippen molar-refractivity contribution >= 4 is 17.9 Å². The Morgan fingerprint density at radius 1 is 0.365 bits per heavy atom. The van der Waals surface area contributed by atoms with Crippen LogP contribution >= 0.6 is 0 Å². The summed E-state index contributed by atoms with van der Waals surface area (Å²) in [6.07, 6.45) is 36.6. The Morgan fingerprint density at radius 2 is 0.635 bits per heavy atom. The maximum atomic E-state index is 12.7. The largest absolute Gasteiger partial charge is 0.462 e. The molecule has 0 aliphatic heterocycles. The van der Waals surface area contributed by atoms with Gasteiger partial charge in [-0.15, -0.1) is 0 Å². The van der Waals surface area contributed by atoms with E-state index in [2.05, 4.69) is 34.6 Å². The first kappa shape index (κ1) is 50.4.